The van der Waals surface area contributed by atoms with E-state index >= 15 is 0 Å². The molecule has 4 aromatic rings. The van der Waals surface area contributed by atoms with Crippen LogP contribution in [0.4, 0.5) is 0 Å². The van der Waals surface area contributed by atoms with Crippen molar-refractivity contribution >= 4 is 12.2 Å². The molecule has 7 nitrogen and oxygen atoms in total. The number of benzene rings is 3. The summed E-state index contributed by atoms with van der Waals surface area (Å²) in [5.41, 5.74) is 4.11. The van der Waals surface area contributed by atoms with Crippen molar-refractivity contribution in [2.24, 2.45) is 0 Å². The summed E-state index contributed by atoms with van der Waals surface area (Å²) in [6, 6.07) is 21.8. The van der Waals surface area contributed by atoms with Gasteiger partial charge in [-0.2, -0.15) is 4.98 Å². The van der Waals surface area contributed by atoms with Gasteiger partial charge in [-0.05, 0) is 65.8 Å². The van der Waals surface area contributed by atoms with Crippen LogP contribution in [0.3, 0.4) is 0 Å². The van der Waals surface area contributed by atoms with Crippen LogP contribution in [0.1, 0.15) is 81.3 Å². The first-order chi connectivity index (χ1) is 20.3. The molecule has 0 saturated heterocycles. The third kappa shape index (κ3) is 10.2. The topological polar surface area (TPSA) is 94.3 Å². The first-order valence-corrected chi connectivity index (χ1v) is 14.7. The average molecular weight is 805 g/mol. The fourth-order valence-electron chi connectivity index (χ4n) is 4.56. The summed E-state index contributed by atoms with van der Waals surface area (Å²) in [6.07, 6.45) is 8.29. The standard InChI is InChI=1S/C35H40N3O4.U/c1-5-6-7-8-9-22-41-31-20-16-28(17-21-31)34-37-32(38-42-34)26-12-10-25(11-13-26)23-30(24-39)36-33(40)27-14-18-29(19-15-27)35(2,3)4;/h10-21,30H,5-9,22-23H2,1-4H3,(H,36,40);/q-1;/t30-;/m0./s1. The van der Waals surface area contributed by atoms with Crippen LogP contribution in [0.15, 0.2) is 77.3 Å². The minimum Gasteiger partial charge on any atom is -0.540 e. The summed E-state index contributed by atoms with van der Waals surface area (Å²) < 4.78 is 11.3. The molecule has 1 aromatic heterocycles. The van der Waals surface area contributed by atoms with Gasteiger partial charge in [0.25, 0.3) is 5.89 Å². The van der Waals surface area contributed by atoms with E-state index in [2.05, 4.69) is 43.2 Å². The van der Waals surface area contributed by atoms with Crippen molar-refractivity contribution in [3.05, 3.63) is 89.5 Å². The zero-order valence-corrected chi connectivity index (χ0v) is 29.6. The molecule has 0 aliphatic heterocycles. The van der Waals surface area contributed by atoms with E-state index in [-0.39, 0.29) is 42.4 Å². The van der Waals surface area contributed by atoms with Crippen LogP contribution in [0.25, 0.3) is 22.8 Å². The number of hydrogen-bond acceptors (Lipinski definition) is 6. The molecule has 8 heteroatoms. The molecule has 0 aliphatic rings. The van der Waals surface area contributed by atoms with Crippen molar-refractivity contribution in [1.82, 2.24) is 15.5 Å². The molecule has 43 heavy (non-hydrogen) atoms. The fourth-order valence-corrected chi connectivity index (χ4v) is 4.56. The molecule has 224 valence electrons. The van der Waals surface area contributed by atoms with Crippen molar-refractivity contribution in [2.75, 3.05) is 6.61 Å². The Kier molecular flexibility index (Phi) is 13.2. The van der Waals surface area contributed by atoms with Crippen LogP contribution in [0, 0.1) is 31.1 Å². The molecule has 0 fully saturated rings. The van der Waals surface area contributed by atoms with Gasteiger partial charge < -0.3 is 19.4 Å². The second kappa shape index (κ2) is 16.6. The van der Waals surface area contributed by atoms with Gasteiger partial charge in [0.2, 0.25) is 11.7 Å². The Labute approximate surface area is 278 Å². The number of carbonyl (C=O) groups excluding carboxylic acids is 2. The van der Waals surface area contributed by atoms with Gasteiger partial charge in [-0.25, -0.2) is 6.29 Å². The third-order valence-electron chi connectivity index (χ3n) is 7.16. The molecule has 0 radical (unpaired) electrons. The van der Waals surface area contributed by atoms with Crippen LogP contribution in [0.2, 0.25) is 0 Å². The predicted octanol–water partition coefficient (Wildman–Crippen LogP) is 7.50. The summed E-state index contributed by atoms with van der Waals surface area (Å²) in [5.74, 6) is 1.41. The smallest absolute Gasteiger partial charge is 0.258 e. The number of ether oxygens (including phenoxy) is 1. The van der Waals surface area contributed by atoms with Crippen LogP contribution in [0.5, 0.6) is 5.75 Å². The van der Waals surface area contributed by atoms with E-state index in [0.29, 0.717) is 30.3 Å². The molecule has 1 atom stereocenters. The maximum absolute atomic E-state index is 12.7. The monoisotopic (exact) mass is 804 g/mol. The summed E-state index contributed by atoms with van der Waals surface area (Å²) in [7, 11) is 0. The Morgan fingerprint density at radius 2 is 1.56 bits per heavy atom. The summed E-state index contributed by atoms with van der Waals surface area (Å²) >= 11 is 0. The largest absolute Gasteiger partial charge is 0.540 e. The molecule has 4 rings (SSSR count). The minimum atomic E-state index is -0.768. The van der Waals surface area contributed by atoms with Gasteiger partial charge in [-0.15, -0.1) is 0 Å². The number of rotatable bonds is 14. The molecule has 0 saturated carbocycles. The first kappa shape index (κ1) is 34.3. The maximum Gasteiger partial charge on any atom is 0.258 e. The van der Waals surface area contributed by atoms with Crippen LogP contribution < -0.4 is 10.1 Å². The second-order valence-electron chi connectivity index (χ2n) is 11.6. The van der Waals surface area contributed by atoms with Gasteiger partial charge in [0.1, 0.15) is 5.75 Å². The Morgan fingerprint density at radius 3 is 2.19 bits per heavy atom. The molecular formula is C35H40N3O4U-. The number of hydrogen-bond donors (Lipinski definition) is 1. The minimum absolute atomic E-state index is 0. The maximum atomic E-state index is 12.7. The number of aromatic nitrogens is 2. The van der Waals surface area contributed by atoms with E-state index in [9.17, 15) is 9.59 Å². The normalized spacial score (nSPS) is 11.8. The van der Waals surface area contributed by atoms with Gasteiger partial charge >= 0.3 is 0 Å². The van der Waals surface area contributed by atoms with E-state index in [1.54, 1.807) is 12.1 Å². The molecule has 3 aromatic carbocycles. The zero-order chi connectivity index (χ0) is 30.0. The van der Waals surface area contributed by atoms with Crippen LogP contribution in [-0.2, 0) is 16.6 Å². The van der Waals surface area contributed by atoms with Gasteiger partial charge in [-0.3, -0.25) is 4.79 Å². The predicted molar refractivity (Wildman–Crippen MR) is 165 cm³/mol. The van der Waals surface area contributed by atoms with Crippen LogP contribution >= 0.6 is 0 Å². The SMILES string of the molecule is CCCCCCCOc1ccc(-c2nc(-c3ccc(C[C@@H]([C-]=O)NC(=O)c4ccc(C(C)(C)C)cc4)cc3)no2)cc1.[U]. The summed E-state index contributed by atoms with van der Waals surface area (Å²) in [6.45, 7) is 9.29. The van der Waals surface area contributed by atoms with Crippen molar-refractivity contribution in [2.45, 2.75) is 77.7 Å². The molecule has 0 aliphatic carbocycles. The van der Waals surface area contributed by atoms with Gasteiger partial charge in [0.05, 0.1) is 6.61 Å². The third-order valence-corrected chi connectivity index (χ3v) is 7.16. The van der Waals surface area contributed by atoms with Crippen LogP contribution in [-0.4, -0.2) is 35.0 Å². The van der Waals surface area contributed by atoms with E-state index < -0.39 is 6.04 Å². The second-order valence-corrected chi connectivity index (χ2v) is 11.6. The van der Waals surface area contributed by atoms with Crippen molar-refractivity contribution in [1.29, 1.82) is 0 Å². The number of carbonyl (C=O) groups is 1. The Bertz CT molecular complexity index is 1430. The Balaban J connectivity index is 0.00000506. The number of nitrogens with one attached hydrogen (secondary N) is 1. The van der Waals surface area contributed by atoms with Crippen molar-refractivity contribution in [3.63, 3.8) is 0 Å². The van der Waals surface area contributed by atoms with Gasteiger partial charge in [0.15, 0.2) is 0 Å². The average Bonchev–Trinajstić information content (AvgIpc) is 3.49. The molecular weight excluding hydrogens is 764 g/mol. The van der Waals surface area contributed by atoms with E-state index in [1.807, 2.05) is 66.9 Å². The van der Waals surface area contributed by atoms with E-state index in [4.69, 9.17) is 9.26 Å². The first-order valence-electron chi connectivity index (χ1n) is 14.7. The number of amides is 1. The number of nitrogens with zero attached hydrogens (tertiary/aromatic N) is 2. The molecule has 1 N–H and O–H groups in total. The quantitative estimate of drug-likeness (QED) is 0.105. The summed E-state index contributed by atoms with van der Waals surface area (Å²) in [5, 5.41) is 6.91. The fraction of sp³-hybridized carbons (Fsp3) is 0.371. The van der Waals surface area contributed by atoms with E-state index in [1.165, 1.54) is 25.7 Å². The molecule has 1 heterocycles. The molecule has 0 bridgehead atoms. The molecule has 0 spiro atoms. The Morgan fingerprint density at radius 1 is 0.907 bits per heavy atom. The Hall–Kier alpha value is -3.21. The van der Waals surface area contributed by atoms with Crippen molar-refractivity contribution in [3.8, 4) is 28.6 Å². The summed E-state index contributed by atoms with van der Waals surface area (Å²) in [4.78, 5) is 28.9. The molecule has 1 amide bonds. The van der Waals surface area contributed by atoms with Gasteiger partial charge in [-0.1, -0.05) is 101 Å². The van der Waals surface area contributed by atoms with E-state index in [0.717, 1.165) is 34.4 Å². The number of unbranched alkanes of at least 4 members (excludes halogenated alkanes) is 4. The molecule has 0 unspecified atom stereocenters. The van der Waals surface area contributed by atoms with Gasteiger partial charge in [0, 0.05) is 47.8 Å². The van der Waals surface area contributed by atoms with Crippen molar-refractivity contribution < 1.29 is 50.0 Å². The zero-order valence-electron chi connectivity index (χ0n) is 25.5.